The van der Waals surface area contributed by atoms with Crippen LogP contribution >= 0.6 is 18.8 Å². The molecular formula is C23H55N3O9P2. The van der Waals surface area contributed by atoms with Gasteiger partial charge in [-0.2, -0.15) is 0 Å². The molecule has 6 N–H and O–H groups in total. The van der Waals surface area contributed by atoms with Crippen LogP contribution in [0.2, 0.25) is 0 Å². The summed E-state index contributed by atoms with van der Waals surface area (Å²) in [5, 5.41) is 21.6. The number of nitrogens with two attached hydrogens (primary N) is 1. The molecule has 0 radical (unpaired) electrons. The molecular weight excluding hydrogens is 524 g/mol. The Morgan fingerprint density at radius 2 is 1.00 bits per heavy atom. The number of ether oxygens (including phenoxy) is 1. The molecule has 1 rings (SSSR count). The Morgan fingerprint density at radius 3 is 1.14 bits per heavy atom. The molecule has 1 aliphatic rings. The van der Waals surface area contributed by atoms with Crippen LogP contribution in [0.3, 0.4) is 0 Å². The number of hydrogen-bond donors (Lipinski definition) is 5. The average molecular weight is 580 g/mol. The van der Waals surface area contributed by atoms with Crippen LogP contribution in [0.4, 0.5) is 0 Å². The average Bonchev–Trinajstić information content (AvgIpc) is 2.70. The third-order valence-electron chi connectivity index (χ3n) is 2.83. The highest BCUT2D eigenvalue weighted by atomic mass is 31.0. The summed E-state index contributed by atoms with van der Waals surface area (Å²) < 4.78 is 4.21. The maximum absolute atomic E-state index is 10.2. The van der Waals surface area contributed by atoms with Crippen LogP contribution in [-0.4, -0.2) is 66.8 Å². The number of carbonyl (C=O) groups is 6. The van der Waals surface area contributed by atoms with E-state index in [9.17, 15) is 28.8 Å². The monoisotopic (exact) mass is 579 g/mol. The number of carboxylic acid groups (broad SMARTS) is 2. The Kier molecular flexibility index (Phi) is 71.2. The van der Waals surface area contributed by atoms with Gasteiger partial charge in [0.05, 0.1) is 0 Å². The van der Waals surface area contributed by atoms with E-state index in [0.717, 1.165) is 0 Å². The van der Waals surface area contributed by atoms with Gasteiger partial charge in [0.1, 0.15) is 11.6 Å². The molecule has 0 aromatic rings. The minimum absolute atomic E-state index is 0. The highest BCUT2D eigenvalue weighted by Crippen LogP contribution is 2.06. The fourth-order valence-corrected chi connectivity index (χ4v) is 1.58. The molecule has 1 aliphatic heterocycles. The van der Waals surface area contributed by atoms with Crippen LogP contribution in [0, 0.1) is 0 Å². The first-order valence-electron chi connectivity index (χ1n) is 10.4. The first kappa shape index (κ1) is 55.6. The lowest BCUT2D eigenvalue weighted by Gasteiger charge is -2.06. The molecule has 14 heteroatoms. The summed E-state index contributed by atoms with van der Waals surface area (Å²) >= 11 is 0. The number of rotatable bonds is 8. The van der Waals surface area contributed by atoms with Crippen LogP contribution in [0.25, 0.3) is 0 Å². The molecule has 0 aromatic heterocycles. The summed E-state index contributed by atoms with van der Waals surface area (Å²) in [7, 11) is 9.83. The predicted octanol–water partition coefficient (Wildman–Crippen LogP) is 3.38. The van der Waals surface area contributed by atoms with E-state index in [2.05, 4.69) is 39.4 Å². The summed E-state index contributed by atoms with van der Waals surface area (Å²) in [6.07, 6.45) is 3.32. The van der Waals surface area contributed by atoms with Crippen molar-refractivity contribution in [3.05, 3.63) is 0 Å². The van der Waals surface area contributed by atoms with E-state index in [1.54, 1.807) is 0 Å². The number of cyclic esters (lactones) is 2. The van der Waals surface area contributed by atoms with Crippen molar-refractivity contribution in [2.24, 2.45) is 5.73 Å². The highest BCUT2D eigenvalue weighted by molar-refractivity contribution is 7.13. The topological polar surface area (TPSA) is 202 Å². The first-order chi connectivity index (χ1) is 15.9. The van der Waals surface area contributed by atoms with Gasteiger partial charge in [0.2, 0.25) is 0 Å². The van der Waals surface area contributed by atoms with Gasteiger partial charge in [-0.3, -0.25) is 19.2 Å². The van der Waals surface area contributed by atoms with E-state index in [1.165, 1.54) is 20.9 Å². The summed E-state index contributed by atoms with van der Waals surface area (Å²) in [5.74, 6) is -2.34. The number of Topliss-reactive ketones (excluding diaryl/α,β-unsaturated/α-hetero) is 2. The van der Waals surface area contributed by atoms with Crippen molar-refractivity contribution in [2.45, 2.75) is 93.9 Å². The van der Waals surface area contributed by atoms with Gasteiger partial charge in [-0.15, -0.1) is 0 Å². The Hall–Kier alpha value is -1.84. The number of aliphatic carboxylic acids is 2. The molecule has 0 amide bonds. The van der Waals surface area contributed by atoms with Crippen molar-refractivity contribution in [1.82, 2.24) is 10.2 Å². The Morgan fingerprint density at radius 1 is 0.757 bits per heavy atom. The maximum Gasteiger partial charge on any atom is 0.313 e. The van der Waals surface area contributed by atoms with Crippen LogP contribution in [0.5, 0.6) is 0 Å². The summed E-state index contributed by atoms with van der Waals surface area (Å²) in [5.41, 5.74) is 4.50. The van der Waals surface area contributed by atoms with Crippen LogP contribution in [-0.2, 0) is 33.5 Å². The SMILES string of the molecule is C.C.C.CC(=O)CCCC(=O)O.CC(=O)CCCC(=O)O.CN.CNP.CNP.O=C1CCCC(=O)O1. The van der Waals surface area contributed by atoms with Crippen molar-refractivity contribution in [3.63, 3.8) is 0 Å². The van der Waals surface area contributed by atoms with Crippen molar-refractivity contribution >= 4 is 54.2 Å². The zero-order valence-corrected chi connectivity index (χ0v) is 23.2. The van der Waals surface area contributed by atoms with E-state index in [1.807, 2.05) is 14.1 Å². The van der Waals surface area contributed by atoms with Gasteiger partial charge >= 0.3 is 23.9 Å². The number of esters is 2. The number of ketones is 2. The van der Waals surface area contributed by atoms with Crippen LogP contribution < -0.4 is 15.9 Å². The van der Waals surface area contributed by atoms with E-state index in [4.69, 9.17) is 10.2 Å². The molecule has 2 atom stereocenters. The molecule has 2 unspecified atom stereocenters. The number of carbonyl (C=O) groups excluding carboxylic acids is 4. The zero-order valence-electron chi connectivity index (χ0n) is 20.8. The zero-order chi connectivity index (χ0) is 27.9. The van der Waals surface area contributed by atoms with Gasteiger partial charge in [0.25, 0.3) is 0 Å². The minimum Gasteiger partial charge on any atom is -0.481 e. The quantitative estimate of drug-likeness (QED) is 0.160. The van der Waals surface area contributed by atoms with Crippen molar-refractivity contribution < 1.29 is 43.7 Å². The summed E-state index contributed by atoms with van der Waals surface area (Å²) in [4.78, 5) is 60.7. The van der Waals surface area contributed by atoms with Gasteiger partial charge in [-0.05, 0) is 54.3 Å². The van der Waals surface area contributed by atoms with E-state index >= 15 is 0 Å². The first-order valence-corrected chi connectivity index (χ1v) is 11.5. The fourth-order valence-electron chi connectivity index (χ4n) is 1.58. The Bertz CT molecular complexity index is 492. The van der Waals surface area contributed by atoms with Crippen molar-refractivity contribution in [2.75, 3.05) is 21.1 Å². The molecule has 0 bridgehead atoms. The minimum atomic E-state index is -0.837. The maximum atomic E-state index is 10.2. The second kappa shape index (κ2) is 47.4. The Balaban J connectivity index is -0.0000000480. The number of hydrogen-bond acceptors (Lipinski definition) is 10. The molecule has 0 spiro atoms. The summed E-state index contributed by atoms with van der Waals surface area (Å²) in [6.45, 7) is 2.92. The third-order valence-corrected chi connectivity index (χ3v) is 2.83. The summed E-state index contributed by atoms with van der Waals surface area (Å²) in [6, 6.07) is 0. The molecule has 37 heavy (non-hydrogen) atoms. The normalized spacial score (nSPS) is 9.95. The second-order valence-corrected chi connectivity index (χ2v) is 7.33. The molecule has 0 aromatic carbocycles. The molecule has 12 nitrogen and oxygen atoms in total. The van der Waals surface area contributed by atoms with E-state index < -0.39 is 11.9 Å². The molecule has 1 heterocycles. The highest BCUT2D eigenvalue weighted by Gasteiger charge is 2.15. The van der Waals surface area contributed by atoms with Gasteiger partial charge in [-0.25, -0.2) is 0 Å². The molecule has 0 aliphatic carbocycles. The second-order valence-electron chi connectivity index (χ2n) is 6.18. The predicted molar refractivity (Wildman–Crippen MR) is 157 cm³/mol. The van der Waals surface area contributed by atoms with E-state index in [-0.39, 0.29) is 58.6 Å². The van der Waals surface area contributed by atoms with Crippen molar-refractivity contribution in [1.29, 1.82) is 0 Å². The standard InChI is InChI=1S/2C6H10O3.C5H6O3.2CH6NP.CH5N.3CH4/c2*1-5(7)3-2-4-6(8)9;6-4-2-1-3-5(7)8-4;2*1-2-3;1-2;;;/h2*2-4H2,1H3,(H,8,9);1-3H2;2*2H,3H2,1H3;2H2,1H3;3*1H4. The van der Waals surface area contributed by atoms with Gasteiger partial charge in [-0.1, -0.05) is 41.1 Å². The molecule has 1 fully saturated rings. The lowest BCUT2D eigenvalue weighted by Crippen LogP contribution is -2.17. The lowest BCUT2D eigenvalue weighted by atomic mass is 10.2. The van der Waals surface area contributed by atoms with E-state index in [0.29, 0.717) is 44.9 Å². The Labute approximate surface area is 229 Å². The number of carboxylic acids is 2. The largest absolute Gasteiger partial charge is 0.481 e. The third kappa shape index (κ3) is 86.9. The van der Waals surface area contributed by atoms with Gasteiger partial charge < -0.3 is 40.4 Å². The van der Waals surface area contributed by atoms with Crippen molar-refractivity contribution in [3.8, 4) is 0 Å². The van der Waals surface area contributed by atoms with Crippen LogP contribution in [0.15, 0.2) is 0 Å². The molecule has 0 saturated carbocycles. The van der Waals surface area contributed by atoms with Gasteiger partial charge in [0, 0.05) is 38.5 Å². The van der Waals surface area contributed by atoms with Crippen LogP contribution in [0.1, 0.15) is 93.9 Å². The molecule has 226 valence electrons. The van der Waals surface area contributed by atoms with Gasteiger partial charge in [0.15, 0.2) is 0 Å². The smallest absolute Gasteiger partial charge is 0.313 e. The lowest BCUT2D eigenvalue weighted by molar-refractivity contribution is -0.163. The molecule has 1 saturated heterocycles. The fraction of sp³-hybridized carbons (Fsp3) is 0.739. The number of nitrogens with one attached hydrogen (secondary N) is 2.